The molecule has 0 aliphatic carbocycles. The van der Waals surface area contributed by atoms with E-state index in [4.69, 9.17) is 4.74 Å². The Morgan fingerprint density at radius 3 is 2.64 bits per heavy atom. The van der Waals surface area contributed by atoms with Crippen molar-refractivity contribution in [3.05, 3.63) is 23.8 Å². The maximum atomic E-state index is 11.9. The number of benzene rings is 1. The molecule has 0 aromatic heterocycles. The highest BCUT2D eigenvalue weighted by atomic mass is 35.5. The zero-order valence-corrected chi connectivity index (χ0v) is 14.2. The molecule has 1 saturated heterocycles. The van der Waals surface area contributed by atoms with E-state index in [1.54, 1.807) is 0 Å². The van der Waals surface area contributed by atoms with E-state index in [9.17, 15) is 4.79 Å². The molecule has 1 aliphatic heterocycles. The second-order valence-electron chi connectivity index (χ2n) is 5.27. The molecule has 6 heteroatoms. The van der Waals surface area contributed by atoms with Gasteiger partial charge in [0.05, 0.1) is 0 Å². The van der Waals surface area contributed by atoms with Gasteiger partial charge < -0.3 is 32.7 Å². The van der Waals surface area contributed by atoms with E-state index in [2.05, 4.69) is 35.4 Å². The Bertz CT molecular complexity index is 486. The molecule has 0 spiro atoms. The fourth-order valence-corrected chi connectivity index (χ4v) is 2.57. The Hall–Kier alpha value is -1.46. The number of carbonyl (C=O) groups is 1. The molecule has 1 aromatic carbocycles. The molecule has 0 radical (unpaired) electrons. The summed E-state index contributed by atoms with van der Waals surface area (Å²) in [4.78, 5) is 14.2. The normalized spacial score (nSPS) is 16.8. The van der Waals surface area contributed by atoms with Crippen LogP contribution in [0.25, 0.3) is 0 Å². The molecule has 1 unspecified atom stereocenters. The molecule has 1 fully saturated rings. The average molecular weight is 327 g/mol. The lowest BCUT2D eigenvalue weighted by Crippen LogP contribution is -3.00. The molecule has 2 N–H and O–H groups in total. The first-order chi connectivity index (χ1) is 10.1. The van der Waals surface area contributed by atoms with Gasteiger partial charge in [-0.2, -0.15) is 0 Å². The van der Waals surface area contributed by atoms with E-state index in [1.165, 1.54) is 5.69 Å². The molecular weight excluding hydrogens is 302 g/mol. The molecule has 22 heavy (non-hydrogen) atoms. The third kappa shape index (κ3) is 4.78. The number of rotatable bonds is 5. The third-order valence-corrected chi connectivity index (χ3v) is 3.81. The number of nitrogens with zero attached hydrogens (tertiary/aromatic N) is 1. The fourth-order valence-electron chi connectivity index (χ4n) is 2.57. The minimum atomic E-state index is -0.208. The molecular formula is C16H25ClN3O2-. The number of aryl methyl sites for hydroxylation is 1. The standard InChI is InChI=1S/C16H25N3O2.ClH/c1-4-19(5-2)13-8-9-14(12(3)11-13)17-16(20)18-15-7-6-10-21-15;/h8-9,11,15H,4-7,10H2,1-3H3,(H2,17,18,20);1H/p-1. The van der Waals surface area contributed by atoms with Gasteiger partial charge in [0.25, 0.3) is 0 Å². The summed E-state index contributed by atoms with van der Waals surface area (Å²) in [6.45, 7) is 8.96. The van der Waals surface area contributed by atoms with Crippen LogP contribution in [0, 0.1) is 6.92 Å². The van der Waals surface area contributed by atoms with E-state index in [0.717, 1.165) is 43.8 Å². The van der Waals surface area contributed by atoms with Gasteiger partial charge in [0.15, 0.2) is 0 Å². The molecule has 5 nitrogen and oxygen atoms in total. The average Bonchev–Trinajstić information content (AvgIpc) is 2.96. The van der Waals surface area contributed by atoms with Crippen LogP contribution in [0.15, 0.2) is 18.2 Å². The van der Waals surface area contributed by atoms with E-state index in [0.29, 0.717) is 0 Å². The van der Waals surface area contributed by atoms with Gasteiger partial charge in [-0.15, -0.1) is 0 Å². The summed E-state index contributed by atoms with van der Waals surface area (Å²) in [7, 11) is 0. The number of carbonyl (C=O) groups excluding carboxylic acids is 1. The predicted molar refractivity (Wildman–Crippen MR) is 85.9 cm³/mol. The molecule has 1 atom stereocenters. The van der Waals surface area contributed by atoms with Crippen molar-refractivity contribution in [1.29, 1.82) is 0 Å². The fraction of sp³-hybridized carbons (Fsp3) is 0.562. The minimum absolute atomic E-state index is 0. The number of nitrogens with one attached hydrogen (secondary N) is 2. The van der Waals surface area contributed by atoms with Gasteiger partial charge in [-0.1, -0.05) is 0 Å². The van der Waals surface area contributed by atoms with Crippen molar-refractivity contribution >= 4 is 17.4 Å². The lowest BCUT2D eigenvalue weighted by molar-refractivity contribution is -0.0000108. The van der Waals surface area contributed by atoms with Crippen LogP contribution in [-0.2, 0) is 4.74 Å². The predicted octanol–water partition coefficient (Wildman–Crippen LogP) is 0.103. The van der Waals surface area contributed by atoms with Crippen LogP contribution in [0.3, 0.4) is 0 Å². The van der Waals surface area contributed by atoms with Gasteiger partial charge >= 0.3 is 6.03 Å². The summed E-state index contributed by atoms with van der Waals surface area (Å²) in [6.07, 6.45) is 1.73. The van der Waals surface area contributed by atoms with Crippen LogP contribution in [-0.4, -0.2) is 32.0 Å². The lowest BCUT2D eigenvalue weighted by atomic mass is 10.1. The molecule has 1 heterocycles. The SMILES string of the molecule is CCN(CC)c1ccc(NC(=O)NC2CCCO2)c(C)c1.[Cl-]. The van der Waals surface area contributed by atoms with Gasteiger partial charge in [0.2, 0.25) is 0 Å². The maximum Gasteiger partial charge on any atom is 0.321 e. The number of amides is 2. The lowest BCUT2D eigenvalue weighted by Gasteiger charge is -2.22. The highest BCUT2D eigenvalue weighted by Gasteiger charge is 2.17. The minimum Gasteiger partial charge on any atom is -1.00 e. The van der Waals surface area contributed by atoms with Crippen molar-refractivity contribution in [3.8, 4) is 0 Å². The third-order valence-electron chi connectivity index (χ3n) is 3.81. The Morgan fingerprint density at radius 1 is 1.36 bits per heavy atom. The van der Waals surface area contributed by atoms with E-state index in [1.807, 2.05) is 19.1 Å². The quantitative estimate of drug-likeness (QED) is 0.807. The molecule has 0 saturated carbocycles. The van der Waals surface area contributed by atoms with E-state index < -0.39 is 0 Å². The first kappa shape index (κ1) is 18.6. The van der Waals surface area contributed by atoms with Crippen LogP contribution >= 0.6 is 0 Å². The summed E-state index contributed by atoms with van der Waals surface area (Å²) in [6, 6.07) is 5.90. The second kappa shape index (κ2) is 8.86. The number of anilines is 2. The van der Waals surface area contributed by atoms with Crippen LogP contribution in [0.4, 0.5) is 16.2 Å². The molecule has 1 aliphatic rings. The summed E-state index contributed by atoms with van der Waals surface area (Å²) in [5.41, 5.74) is 3.07. The Kier molecular flexibility index (Phi) is 7.48. The zero-order chi connectivity index (χ0) is 15.2. The van der Waals surface area contributed by atoms with E-state index >= 15 is 0 Å². The van der Waals surface area contributed by atoms with Crippen molar-refractivity contribution in [2.24, 2.45) is 0 Å². The molecule has 2 amide bonds. The summed E-state index contributed by atoms with van der Waals surface area (Å²) in [5, 5.41) is 5.72. The topological polar surface area (TPSA) is 53.6 Å². The van der Waals surface area contributed by atoms with Crippen LogP contribution in [0.5, 0.6) is 0 Å². The highest BCUT2D eigenvalue weighted by molar-refractivity contribution is 5.90. The number of ether oxygens (including phenoxy) is 1. The number of hydrogen-bond acceptors (Lipinski definition) is 3. The van der Waals surface area contributed by atoms with E-state index in [-0.39, 0.29) is 24.7 Å². The smallest absolute Gasteiger partial charge is 0.321 e. The molecule has 1 aromatic rings. The van der Waals surface area contributed by atoms with Gasteiger partial charge in [0, 0.05) is 31.1 Å². The van der Waals surface area contributed by atoms with Crippen LogP contribution < -0.4 is 27.9 Å². The number of halogens is 1. The van der Waals surface area contributed by atoms with Crippen LogP contribution in [0.1, 0.15) is 32.3 Å². The second-order valence-corrected chi connectivity index (χ2v) is 5.27. The monoisotopic (exact) mass is 326 g/mol. The Labute approximate surface area is 138 Å². The molecule has 124 valence electrons. The summed E-state index contributed by atoms with van der Waals surface area (Å²) >= 11 is 0. The van der Waals surface area contributed by atoms with Gasteiger partial charge in [-0.05, 0) is 57.4 Å². The number of hydrogen-bond donors (Lipinski definition) is 2. The van der Waals surface area contributed by atoms with Crippen molar-refractivity contribution in [3.63, 3.8) is 0 Å². The number of urea groups is 1. The van der Waals surface area contributed by atoms with Gasteiger partial charge in [-0.3, -0.25) is 0 Å². The summed E-state index contributed by atoms with van der Waals surface area (Å²) < 4.78 is 5.39. The van der Waals surface area contributed by atoms with Crippen molar-refractivity contribution < 1.29 is 21.9 Å². The summed E-state index contributed by atoms with van der Waals surface area (Å²) in [5.74, 6) is 0. The first-order valence-corrected chi connectivity index (χ1v) is 7.68. The van der Waals surface area contributed by atoms with Crippen molar-refractivity contribution in [2.75, 3.05) is 29.9 Å². The largest absolute Gasteiger partial charge is 1.00 e. The van der Waals surface area contributed by atoms with Crippen LogP contribution in [0.2, 0.25) is 0 Å². The maximum absolute atomic E-state index is 11.9. The van der Waals surface area contributed by atoms with Gasteiger partial charge in [0.1, 0.15) is 6.23 Å². The van der Waals surface area contributed by atoms with Crippen molar-refractivity contribution in [1.82, 2.24) is 5.32 Å². The Morgan fingerprint density at radius 2 is 2.09 bits per heavy atom. The first-order valence-electron chi connectivity index (χ1n) is 7.68. The zero-order valence-electron chi connectivity index (χ0n) is 13.5. The molecule has 2 rings (SSSR count). The Balaban J connectivity index is 0.00000242. The molecule has 0 bridgehead atoms. The van der Waals surface area contributed by atoms with Gasteiger partial charge in [-0.25, -0.2) is 4.79 Å². The van der Waals surface area contributed by atoms with Crippen molar-refractivity contribution in [2.45, 2.75) is 39.8 Å². The highest BCUT2D eigenvalue weighted by Crippen LogP contribution is 2.22.